The Kier molecular flexibility index (Phi) is 9.30. The first-order chi connectivity index (χ1) is 19.2. The van der Waals surface area contributed by atoms with Crippen LogP contribution < -0.4 is 21.2 Å². The minimum Gasteiger partial charge on any atom is -0.496 e. The molecule has 2 aromatic carbocycles. The van der Waals surface area contributed by atoms with Crippen molar-refractivity contribution in [2.75, 3.05) is 13.7 Å². The van der Waals surface area contributed by atoms with Gasteiger partial charge in [-0.05, 0) is 48.6 Å². The number of H-pyrrole nitrogens is 1. The van der Waals surface area contributed by atoms with Gasteiger partial charge in [-0.2, -0.15) is 0 Å². The molecular formula is C32H39N3O5. The molecule has 1 aliphatic carbocycles. The van der Waals surface area contributed by atoms with E-state index in [-0.39, 0.29) is 23.4 Å². The largest absolute Gasteiger partial charge is 0.496 e. The normalized spacial score (nSPS) is 14.9. The number of nitrogens with two attached hydrogens (primary N) is 1. The van der Waals surface area contributed by atoms with Crippen LogP contribution in [0.1, 0.15) is 57.9 Å². The van der Waals surface area contributed by atoms with Gasteiger partial charge in [-0.3, -0.25) is 9.59 Å². The van der Waals surface area contributed by atoms with Crippen molar-refractivity contribution in [3.05, 3.63) is 70.4 Å². The van der Waals surface area contributed by atoms with Crippen molar-refractivity contribution in [2.45, 2.75) is 58.4 Å². The first kappa shape index (κ1) is 28.9. The van der Waals surface area contributed by atoms with Gasteiger partial charge in [-0.25, -0.2) is 4.79 Å². The number of ether oxygens (including phenoxy) is 2. The van der Waals surface area contributed by atoms with Crippen molar-refractivity contribution in [3.8, 4) is 17.0 Å². The van der Waals surface area contributed by atoms with Gasteiger partial charge in [0.15, 0.2) is 5.43 Å². The van der Waals surface area contributed by atoms with E-state index >= 15 is 0 Å². The standard InChI is InChI=1S/C32H39N3O5/c1-32(2,20-40-31(38)35-29(30(33)37)22-13-7-8-14-22)16-10-9-15-23-17-24-26(19-28(23)39-3)34-25(18-27(24)36)21-11-5-4-6-12-21/h4-6,9,11-12,15,17-19,22,29H,7-8,10,13-14,16,20H2,1-3H3,(H2,33,37)(H,34,36)(H,35,38)/b15-9+/t29-/m0/s1. The Hall–Kier alpha value is -4.07. The number of primary amides is 1. The number of carbonyl (C=O) groups excluding carboxylic acids is 2. The first-order valence-electron chi connectivity index (χ1n) is 13.9. The van der Waals surface area contributed by atoms with Crippen LogP contribution in [0.25, 0.3) is 28.2 Å². The molecule has 4 N–H and O–H groups in total. The third-order valence-corrected chi connectivity index (χ3v) is 7.60. The SMILES string of the molecule is COc1cc2[nH]c(-c3ccccc3)cc(=O)c2cc1/C=C/CCC(C)(C)COC(=O)N[C@H](C(N)=O)C1CCCC1. The monoisotopic (exact) mass is 545 g/mol. The van der Waals surface area contributed by atoms with Crippen molar-refractivity contribution in [3.63, 3.8) is 0 Å². The molecule has 8 nitrogen and oxygen atoms in total. The molecule has 2 amide bonds. The lowest BCUT2D eigenvalue weighted by molar-refractivity contribution is -0.121. The Morgan fingerprint density at radius 2 is 1.88 bits per heavy atom. The van der Waals surface area contributed by atoms with Crippen LogP contribution in [0.2, 0.25) is 0 Å². The molecule has 0 unspecified atom stereocenters. The molecule has 0 bridgehead atoms. The van der Waals surface area contributed by atoms with Crippen LogP contribution in [0.4, 0.5) is 4.79 Å². The minimum absolute atomic E-state index is 0.0621. The van der Waals surface area contributed by atoms with E-state index in [0.29, 0.717) is 16.7 Å². The molecule has 1 aliphatic rings. The molecule has 212 valence electrons. The van der Waals surface area contributed by atoms with Crippen LogP contribution in [-0.2, 0) is 9.53 Å². The maximum atomic E-state index is 12.9. The molecule has 0 spiro atoms. The van der Waals surface area contributed by atoms with Crippen LogP contribution >= 0.6 is 0 Å². The molecule has 3 aromatic rings. The van der Waals surface area contributed by atoms with Crippen LogP contribution in [-0.4, -0.2) is 36.7 Å². The molecule has 8 heteroatoms. The number of carbonyl (C=O) groups is 2. The topological polar surface area (TPSA) is 124 Å². The number of methoxy groups -OCH3 is 1. The van der Waals surface area contributed by atoms with Crippen molar-refractivity contribution in [2.24, 2.45) is 17.1 Å². The third kappa shape index (κ3) is 7.31. The Morgan fingerprint density at radius 3 is 2.55 bits per heavy atom. The summed E-state index contributed by atoms with van der Waals surface area (Å²) in [7, 11) is 1.61. The Morgan fingerprint density at radius 1 is 1.15 bits per heavy atom. The summed E-state index contributed by atoms with van der Waals surface area (Å²) >= 11 is 0. The average molecular weight is 546 g/mol. The predicted molar refractivity (Wildman–Crippen MR) is 158 cm³/mol. The highest BCUT2D eigenvalue weighted by Crippen LogP contribution is 2.29. The molecule has 1 saturated carbocycles. The van der Waals surface area contributed by atoms with E-state index in [4.69, 9.17) is 15.2 Å². The lowest BCUT2D eigenvalue weighted by atomic mass is 9.88. The summed E-state index contributed by atoms with van der Waals surface area (Å²) in [5.74, 6) is 0.225. The zero-order valence-electron chi connectivity index (χ0n) is 23.5. The molecule has 0 saturated heterocycles. The fourth-order valence-electron chi connectivity index (χ4n) is 5.27. The Labute approximate surface area is 234 Å². The fraction of sp³-hybridized carbons (Fsp3) is 0.406. The smallest absolute Gasteiger partial charge is 0.407 e. The summed E-state index contributed by atoms with van der Waals surface area (Å²) in [6, 6.07) is 14.4. The second-order valence-electron chi connectivity index (χ2n) is 11.3. The zero-order valence-corrected chi connectivity index (χ0v) is 23.5. The number of rotatable bonds is 11. The lowest BCUT2D eigenvalue weighted by Crippen LogP contribution is -2.49. The van der Waals surface area contributed by atoms with Crippen molar-refractivity contribution in [1.82, 2.24) is 10.3 Å². The zero-order chi connectivity index (χ0) is 28.7. The first-order valence-corrected chi connectivity index (χ1v) is 13.9. The average Bonchev–Trinajstić information content (AvgIpc) is 3.47. The number of allylic oxidation sites excluding steroid dienone is 1. The summed E-state index contributed by atoms with van der Waals surface area (Å²) in [5.41, 5.74) is 8.39. The summed E-state index contributed by atoms with van der Waals surface area (Å²) in [6.45, 7) is 4.26. The van der Waals surface area contributed by atoms with Gasteiger partial charge in [-0.15, -0.1) is 0 Å². The van der Waals surface area contributed by atoms with Gasteiger partial charge in [-0.1, -0.05) is 69.2 Å². The number of benzene rings is 2. The summed E-state index contributed by atoms with van der Waals surface area (Å²) in [4.78, 5) is 40.5. The number of aromatic nitrogens is 1. The third-order valence-electron chi connectivity index (χ3n) is 7.60. The molecule has 1 atom stereocenters. The predicted octanol–water partition coefficient (Wildman–Crippen LogP) is 5.79. The van der Waals surface area contributed by atoms with E-state index in [1.807, 2.05) is 68.5 Å². The van der Waals surface area contributed by atoms with Crippen LogP contribution in [0.15, 0.2) is 59.4 Å². The Balaban J connectivity index is 1.36. The van der Waals surface area contributed by atoms with Gasteiger partial charge in [0.2, 0.25) is 5.91 Å². The number of amides is 2. The number of alkyl carbamates (subject to hydrolysis) is 1. The molecule has 1 heterocycles. The highest BCUT2D eigenvalue weighted by Gasteiger charge is 2.31. The lowest BCUT2D eigenvalue weighted by Gasteiger charge is -2.25. The number of fused-ring (bicyclic) bond motifs is 1. The van der Waals surface area contributed by atoms with Crippen LogP contribution in [0.3, 0.4) is 0 Å². The summed E-state index contributed by atoms with van der Waals surface area (Å²) < 4.78 is 11.1. The van der Waals surface area contributed by atoms with Gasteiger partial charge >= 0.3 is 6.09 Å². The highest BCUT2D eigenvalue weighted by atomic mass is 16.5. The number of pyridine rings is 1. The molecule has 40 heavy (non-hydrogen) atoms. The maximum Gasteiger partial charge on any atom is 0.407 e. The highest BCUT2D eigenvalue weighted by molar-refractivity contribution is 5.86. The van der Waals surface area contributed by atoms with Gasteiger partial charge in [0.05, 0.1) is 19.2 Å². The number of hydrogen-bond acceptors (Lipinski definition) is 5. The summed E-state index contributed by atoms with van der Waals surface area (Å²) in [6.07, 6.45) is 8.72. The molecule has 1 fully saturated rings. The van der Waals surface area contributed by atoms with E-state index in [1.54, 1.807) is 13.2 Å². The number of nitrogens with one attached hydrogen (secondary N) is 2. The molecule has 0 aliphatic heterocycles. The summed E-state index contributed by atoms with van der Waals surface area (Å²) in [5, 5.41) is 3.26. The van der Waals surface area contributed by atoms with E-state index in [0.717, 1.165) is 55.3 Å². The molecule has 1 aromatic heterocycles. The van der Waals surface area contributed by atoms with Gasteiger partial charge in [0.25, 0.3) is 0 Å². The second kappa shape index (κ2) is 12.9. The molecule has 4 rings (SSSR count). The maximum absolute atomic E-state index is 12.9. The number of hydrogen-bond donors (Lipinski definition) is 3. The second-order valence-corrected chi connectivity index (χ2v) is 11.3. The molecular weight excluding hydrogens is 506 g/mol. The van der Waals surface area contributed by atoms with Crippen molar-refractivity contribution < 1.29 is 19.1 Å². The fourth-order valence-corrected chi connectivity index (χ4v) is 5.27. The van der Waals surface area contributed by atoms with Crippen molar-refractivity contribution in [1.29, 1.82) is 0 Å². The van der Waals surface area contributed by atoms with Crippen molar-refractivity contribution >= 4 is 29.0 Å². The van der Waals surface area contributed by atoms with Gasteiger partial charge in [0, 0.05) is 28.8 Å². The van der Waals surface area contributed by atoms with E-state index in [2.05, 4.69) is 10.3 Å². The van der Waals surface area contributed by atoms with E-state index in [9.17, 15) is 14.4 Å². The van der Waals surface area contributed by atoms with Crippen LogP contribution in [0.5, 0.6) is 5.75 Å². The van der Waals surface area contributed by atoms with Crippen LogP contribution in [0, 0.1) is 11.3 Å². The van der Waals surface area contributed by atoms with E-state index in [1.165, 1.54) is 0 Å². The molecule has 0 radical (unpaired) electrons. The quantitative estimate of drug-likeness (QED) is 0.281. The van der Waals surface area contributed by atoms with Gasteiger partial charge < -0.3 is 25.5 Å². The minimum atomic E-state index is -0.685. The van der Waals surface area contributed by atoms with Gasteiger partial charge in [0.1, 0.15) is 11.8 Å². The Bertz CT molecular complexity index is 1420. The number of aromatic amines is 1. The van der Waals surface area contributed by atoms with E-state index < -0.39 is 18.0 Å².